The number of aliphatic hydroxyl groups is 1. The summed E-state index contributed by atoms with van der Waals surface area (Å²) in [6.07, 6.45) is 4.89. The molecule has 0 bridgehead atoms. The highest BCUT2D eigenvalue weighted by atomic mass is 16.3. The van der Waals surface area contributed by atoms with Gasteiger partial charge in [0.15, 0.2) is 5.82 Å². The normalized spacial score (nSPS) is 15.7. The van der Waals surface area contributed by atoms with Crippen LogP contribution in [0.4, 0.5) is 0 Å². The molecule has 0 aliphatic carbocycles. The molecule has 1 N–H and O–H groups in total. The number of amides is 1. The first-order valence-corrected chi connectivity index (χ1v) is 7.94. The van der Waals surface area contributed by atoms with Crippen LogP contribution in [0.1, 0.15) is 15.9 Å². The highest BCUT2D eigenvalue weighted by Gasteiger charge is 2.45. The Labute approximate surface area is 144 Å². The summed E-state index contributed by atoms with van der Waals surface area (Å²) in [6.45, 7) is 0.475. The van der Waals surface area contributed by atoms with Gasteiger partial charge in [-0.1, -0.05) is 24.3 Å². The Morgan fingerprint density at radius 3 is 2.68 bits per heavy atom. The number of hydrogen-bond acceptors (Lipinski definition) is 5. The smallest absolute Gasteiger partial charge is 0.254 e. The molecule has 7 nitrogen and oxygen atoms in total. The number of hydrogen-bond donors (Lipinski definition) is 1. The minimum atomic E-state index is -1.04. The van der Waals surface area contributed by atoms with E-state index in [0.29, 0.717) is 17.0 Å². The van der Waals surface area contributed by atoms with E-state index in [9.17, 15) is 9.90 Å². The van der Waals surface area contributed by atoms with Gasteiger partial charge in [0.2, 0.25) is 0 Å². The first-order chi connectivity index (χ1) is 12.1. The number of aromatic nitrogens is 4. The number of benzene rings is 1. The van der Waals surface area contributed by atoms with Crippen LogP contribution in [0.25, 0.3) is 11.4 Å². The maximum absolute atomic E-state index is 12.9. The molecule has 0 spiro atoms. The van der Waals surface area contributed by atoms with Crippen LogP contribution in [-0.4, -0.2) is 48.8 Å². The van der Waals surface area contributed by atoms with Crippen LogP contribution in [-0.2, 0) is 12.6 Å². The van der Waals surface area contributed by atoms with Crippen LogP contribution in [0.3, 0.4) is 0 Å². The molecule has 25 heavy (non-hydrogen) atoms. The van der Waals surface area contributed by atoms with Crippen molar-refractivity contribution in [3.63, 3.8) is 0 Å². The molecular formula is C18H17N5O2. The third-order valence-corrected chi connectivity index (χ3v) is 4.39. The molecule has 2 aromatic heterocycles. The number of aryl methyl sites for hydroxylation is 1. The van der Waals surface area contributed by atoms with Crippen molar-refractivity contribution in [1.82, 2.24) is 24.6 Å². The fraction of sp³-hybridized carbons (Fsp3) is 0.222. The second-order valence-electron chi connectivity index (χ2n) is 6.22. The summed E-state index contributed by atoms with van der Waals surface area (Å²) in [5, 5.41) is 15.0. The van der Waals surface area contributed by atoms with Crippen LogP contribution in [0.5, 0.6) is 0 Å². The Morgan fingerprint density at radius 2 is 2.00 bits per heavy atom. The van der Waals surface area contributed by atoms with Crippen LogP contribution in [0.15, 0.2) is 55.1 Å². The first kappa shape index (κ1) is 15.5. The SMILES string of the molecule is Cn1cnc(-c2ccccc2C(=O)N2CC(O)(c3cccnc3)C2)n1. The lowest BCUT2D eigenvalue weighted by Gasteiger charge is -2.46. The average Bonchev–Trinajstić information content (AvgIpc) is 3.05. The molecule has 1 fully saturated rings. The van der Waals surface area contributed by atoms with Crippen molar-refractivity contribution in [2.45, 2.75) is 5.60 Å². The summed E-state index contributed by atoms with van der Waals surface area (Å²) >= 11 is 0. The van der Waals surface area contributed by atoms with Crippen molar-refractivity contribution in [2.75, 3.05) is 13.1 Å². The van der Waals surface area contributed by atoms with Gasteiger partial charge in [-0.25, -0.2) is 4.98 Å². The Kier molecular flexibility index (Phi) is 3.58. The minimum absolute atomic E-state index is 0.142. The van der Waals surface area contributed by atoms with E-state index in [-0.39, 0.29) is 19.0 Å². The van der Waals surface area contributed by atoms with Crippen molar-refractivity contribution in [1.29, 1.82) is 0 Å². The van der Waals surface area contributed by atoms with Crippen molar-refractivity contribution in [2.24, 2.45) is 7.05 Å². The van der Waals surface area contributed by atoms with Gasteiger partial charge in [-0.3, -0.25) is 14.5 Å². The van der Waals surface area contributed by atoms with E-state index in [1.807, 2.05) is 24.3 Å². The maximum Gasteiger partial charge on any atom is 0.254 e. The van der Waals surface area contributed by atoms with Gasteiger partial charge in [0.25, 0.3) is 5.91 Å². The molecule has 7 heteroatoms. The van der Waals surface area contributed by atoms with Crippen molar-refractivity contribution in [3.8, 4) is 11.4 Å². The van der Waals surface area contributed by atoms with E-state index in [2.05, 4.69) is 15.1 Å². The van der Waals surface area contributed by atoms with Gasteiger partial charge in [-0.2, -0.15) is 5.10 Å². The third kappa shape index (κ3) is 2.68. The van der Waals surface area contributed by atoms with Gasteiger partial charge in [0.05, 0.1) is 18.7 Å². The second-order valence-corrected chi connectivity index (χ2v) is 6.22. The fourth-order valence-corrected chi connectivity index (χ4v) is 3.05. The lowest BCUT2D eigenvalue weighted by atomic mass is 9.86. The van der Waals surface area contributed by atoms with E-state index in [4.69, 9.17) is 0 Å². The van der Waals surface area contributed by atoms with E-state index < -0.39 is 5.60 Å². The predicted octanol–water partition coefficient (Wildman–Crippen LogP) is 1.22. The van der Waals surface area contributed by atoms with E-state index >= 15 is 0 Å². The zero-order valence-electron chi connectivity index (χ0n) is 13.7. The predicted molar refractivity (Wildman–Crippen MR) is 90.5 cm³/mol. The monoisotopic (exact) mass is 335 g/mol. The molecule has 4 rings (SSSR count). The molecule has 3 aromatic rings. The second kappa shape index (κ2) is 5.78. The van der Waals surface area contributed by atoms with Gasteiger partial charge in [-0.15, -0.1) is 0 Å². The number of carbonyl (C=O) groups excluding carboxylic acids is 1. The molecule has 3 heterocycles. The zero-order chi connectivity index (χ0) is 17.4. The van der Waals surface area contributed by atoms with Crippen LogP contribution in [0, 0.1) is 0 Å². The van der Waals surface area contributed by atoms with Gasteiger partial charge in [0, 0.05) is 30.6 Å². The van der Waals surface area contributed by atoms with E-state index in [1.54, 1.807) is 47.5 Å². The van der Waals surface area contributed by atoms with Gasteiger partial charge >= 0.3 is 0 Å². The van der Waals surface area contributed by atoms with Crippen molar-refractivity contribution < 1.29 is 9.90 Å². The summed E-state index contributed by atoms with van der Waals surface area (Å²) < 4.78 is 1.60. The number of likely N-dealkylation sites (tertiary alicyclic amines) is 1. The summed E-state index contributed by atoms with van der Waals surface area (Å²) in [6, 6.07) is 10.9. The van der Waals surface area contributed by atoms with Crippen LogP contribution < -0.4 is 0 Å². The molecule has 0 unspecified atom stereocenters. The molecule has 126 valence electrons. The highest BCUT2D eigenvalue weighted by Crippen LogP contribution is 2.33. The van der Waals surface area contributed by atoms with Gasteiger partial charge in [0.1, 0.15) is 11.9 Å². The number of β-amino-alcohol motifs (C(OH)–C–C–N with tert-alkyl or cyclic N) is 1. The third-order valence-electron chi connectivity index (χ3n) is 4.39. The average molecular weight is 335 g/mol. The molecule has 0 atom stereocenters. The fourth-order valence-electron chi connectivity index (χ4n) is 3.05. The topological polar surface area (TPSA) is 84.1 Å². The van der Waals surface area contributed by atoms with E-state index in [0.717, 1.165) is 5.56 Å². The molecule has 1 aliphatic heterocycles. The van der Waals surface area contributed by atoms with Crippen molar-refractivity contribution >= 4 is 5.91 Å². The molecule has 0 radical (unpaired) electrons. The largest absolute Gasteiger partial charge is 0.381 e. The van der Waals surface area contributed by atoms with Gasteiger partial charge in [-0.05, 0) is 12.1 Å². The Hall–Kier alpha value is -3.06. The minimum Gasteiger partial charge on any atom is -0.381 e. The molecule has 1 aromatic carbocycles. The number of carbonyl (C=O) groups is 1. The van der Waals surface area contributed by atoms with Gasteiger partial charge < -0.3 is 10.0 Å². The molecule has 0 saturated carbocycles. The first-order valence-electron chi connectivity index (χ1n) is 7.94. The number of pyridine rings is 1. The summed E-state index contributed by atoms with van der Waals surface area (Å²) in [5.74, 6) is 0.367. The molecular weight excluding hydrogens is 318 g/mol. The number of rotatable bonds is 3. The Bertz CT molecular complexity index is 916. The molecule has 1 aliphatic rings. The lowest BCUT2D eigenvalue weighted by Crippen LogP contribution is -2.61. The van der Waals surface area contributed by atoms with E-state index in [1.165, 1.54) is 0 Å². The molecule has 1 amide bonds. The van der Waals surface area contributed by atoms with Crippen molar-refractivity contribution in [3.05, 3.63) is 66.2 Å². The van der Waals surface area contributed by atoms with Crippen LogP contribution in [0.2, 0.25) is 0 Å². The highest BCUT2D eigenvalue weighted by molar-refractivity contribution is 6.00. The zero-order valence-corrected chi connectivity index (χ0v) is 13.7. The standard InChI is InChI=1S/C18H17N5O2/c1-22-12-20-16(21-22)14-6-2-3-7-15(14)17(24)23-10-18(25,11-23)13-5-4-8-19-9-13/h2-9,12,25H,10-11H2,1H3. The Balaban J connectivity index is 1.58. The Morgan fingerprint density at radius 1 is 1.20 bits per heavy atom. The maximum atomic E-state index is 12.9. The summed E-state index contributed by atoms with van der Waals surface area (Å²) in [4.78, 5) is 22.8. The quantitative estimate of drug-likeness (QED) is 0.778. The number of nitrogens with zero attached hydrogens (tertiary/aromatic N) is 5. The summed E-state index contributed by atoms with van der Waals surface area (Å²) in [5.41, 5.74) is 0.896. The molecule has 1 saturated heterocycles. The lowest BCUT2D eigenvalue weighted by molar-refractivity contribution is -0.0865. The van der Waals surface area contributed by atoms with Crippen LogP contribution >= 0.6 is 0 Å². The summed E-state index contributed by atoms with van der Waals surface area (Å²) in [7, 11) is 1.78.